The summed E-state index contributed by atoms with van der Waals surface area (Å²) in [6.07, 6.45) is 2.21. The third-order valence-corrected chi connectivity index (χ3v) is 5.01. The van der Waals surface area contributed by atoms with E-state index in [1.54, 1.807) is 24.3 Å². The molecule has 5 heteroatoms. The highest BCUT2D eigenvalue weighted by Crippen LogP contribution is 2.37. The quantitative estimate of drug-likeness (QED) is 0.890. The van der Waals surface area contributed by atoms with Gasteiger partial charge < -0.3 is 16.0 Å². The van der Waals surface area contributed by atoms with Crippen LogP contribution in [0.25, 0.3) is 0 Å². The molecule has 1 saturated carbocycles. The normalized spacial score (nSPS) is 26.4. The maximum absolute atomic E-state index is 12.6. The highest BCUT2D eigenvalue weighted by molar-refractivity contribution is 5.98. The number of nitrogens with one attached hydrogen (secondary N) is 1. The van der Waals surface area contributed by atoms with Crippen molar-refractivity contribution >= 4 is 11.8 Å². The second kappa shape index (κ2) is 6.32. The minimum absolute atomic E-state index is 0.0439. The Kier molecular flexibility index (Phi) is 4.39. The molecule has 0 bridgehead atoms. The predicted octanol–water partition coefficient (Wildman–Crippen LogP) is 1.63. The molecule has 1 heterocycles. The molecule has 5 nitrogen and oxygen atoms in total. The largest absolute Gasteiger partial charge is 0.350 e. The standard InChI is InChI=1S/C18H25N3O2/c1-11(2)20-17(22)12-3-5-13(6-4-12)18(23)21-9-14-7-8-16(19)15(14)10-21/h3-6,11,14-16H,7-10,19H2,1-2H3,(H,20,22). The van der Waals surface area contributed by atoms with E-state index in [1.807, 2.05) is 18.7 Å². The summed E-state index contributed by atoms with van der Waals surface area (Å²) in [5.74, 6) is 0.947. The smallest absolute Gasteiger partial charge is 0.253 e. The van der Waals surface area contributed by atoms with Gasteiger partial charge in [0, 0.05) is 36.3 Å². The first kappa shape index (κ1) is 16.0. The van der Waals surface area contributed by atoms with E-state index in [4.69, 9.17) is 5.73 Å². The van der Waals surface area contributed by atoms with Gasteiger partial charge in [0.15, 0.2) is 0 Å². The molecule has 1 aliphatic heterocycles. The van der Waals surface area contributed by atoms with Gasteiger partial charge in [-0.1, -0.05) is 0 Å². The highest BCUT2D eigenvalue weighted by Gasteiger charge is 2.42. The summed E-state index contributed by atoms with van der Waals surface area (Å²) in [6, 6.07) is 7.25. The number of hydrogen-bond acceptors (Lipinski definition) is 3. The Balaban J connectivity index is 1.66. The van der Waals surface area contributed by atoms with Crippen molar-refractivity contribution in [3.05, 3.63) is 35.4 Å². The molecule has 2 aliphatic rings. The van der Waals surface area contributed by atoms with Crippen molar-refractivity contribution in [3.8, 4) is 0 Å². The number of benzene rings is 1. The van der Waals surface area contributed by atoms with Crippen LogP contribution in [0.5, 0.6) is 0 Å². The molecule has 1 saturated heterocycles. The van der Waals surface area contributed by atoms with Crippen LogP contribution in [0.1, 0.15) is 47.4 Å². The number of nitrogens with zero attached hydrogens (tertiary/aromatic N) is 1. The summed E-state index contributed by atoms with van der Waals surface area (Å²) in [5.41, 5.74) is 7.35. The Hall–Kier alpha value is -1.88. The molecular formula is C18H25N3O2. The molecule has 0 spiro atoms. The average Bonchev–Trinajstić information content (AvgIpc) is 3.08. The van der Waals surface area contributed by atoms with Crippen molar-refractivity contribution in [1.29, 1.82) is 0 Å². The van der Waals surface area contributed by atoms with Gasteiger partial charge in [0.05, 0.1) is 0 Å². The lowest BCUT2D eigenvalue weighted by Crippen LogP contribution is -2.33. The zero-order valence-corrected chi connectivity index (χ0v) is 13.8. The minimum atomic E-state index is -0.110. The summed E-state index contributed by atoms with van der Waals surface area (Å²) in [4.78, 5) is 26.5. The van der Waals surface area contributed by atoms with E-state index in [0.717, 1.165) is 25.9 Å². The second-order valence-corrected chi connectivity index (χ2v) is 7.08. The van der Waals surface area contributed by atoms with Gasteiger partial charge in [0.1, 0.15) is 0 Å². The average molecular weight is 315 g/mol. The first-order valence-corrected chi connectivity index (χ1v) is 8.41. The van der Waals surface area contributed by atoms with Crippen LogP contribution in [-0.4, -0.2) is 41.9 Å². The van der Waals surface area contributed by atoms with Crippen LogP contribution in [-0.2, 0) is 0 Å². The lowest BCUT2D eigenvalue weighted by molar-refractivity contribution is 0.0778. The first-order chi connectivity index (χ1) is 11.0. The zero-order chi connectivity index (χ0) is 16.6. The molecule has 3 N–H and O–H groups in total. The van der Waals surface area contributed by atoms with Crippen LogP contribution in [0, 0.1) is 11.8 Å². The zero-order valence-electron chi connectivity index (χ0n) is 13.8. The SMILES string of the molecule is CC(C)NC(=O)c1ccc(C(=O)N2CC3CCC(N)C3C2)cc1. The summed E-state index contributed by atoms with van der Waals surface area (Å²) in [7, 11) is 0. The maximum Gasteiger partial charge on any atom is 0.253 e. The third kappa shape index (κ3) is 3.24. The summed E-state index contributed by atoms with van der Waals surface area (Å²) in [6.45, 7) is 5.42. The van der Waals surface area contributed by atoms with E-state index in [2.05, 4.69) is 5.32 Å². The number of carbonyl (C=O) groups excluding carboxylic acids is 2. The van der Waals surface area contributed by atoms with E-state index in [1.165, 1.54) is 0 Å². The fourth-order valence-electron chi connectivity index (χ4n) is 3.77. The lowest BCUT2D eigenvalue weighted by Gasteiger charge is -2.19. The van der Waals surface area contributed by atoms with Crippen LogP contribution in [0.2, 0.25) is 0 Å². The number of fused-ring (bicyclic) bond motifs is 1. The lowest BCUT2D eigenvalue weighted by atomic mass is 9.98. The van der Waals surface area contributed by atoms with Crippen LogP contribution >= 0.6 is 0 Å². The van der Waals surface area contributed by atoms with Gasteiger partial charge in [-0.2, -0.15) is 0 Å². The summed E-state index contributed by atoms with van der Waals surface area (Å²) < 4.78 is 0. The van der Waals surface area contributed by atoms with Gasteiger partial charge in [-0.3, -0.25) is 9.59 Å². The van der Waals surface area contributed by atoms with Gasteiger partial charge in [-0.25, -0.2) is 0 Å². The van der Waals surface area contributed by atoms with Gasteiger partial charge in [0.25, 0.3) is 11.8 Å². The van der Waals surface area contributed by atoms with Crippen LogP contribution in [0.15, 0.2) is 24.3 Å². The predicted molar refractivity (Wildman–Crippen MR) is 89.1 cm³/mol. The van der Waals surface area contributed by atoms with Crippen molar-refractivity contribution in [2.24, 2.45) is 17.6 Å². The van der Waals surface area contributed by atoms with Gasteiger partial charge >= 0.3 is 0 Å². The Labute approximate surface area is 137 Å². The molecule has 124 valence electrons. The molecule has 1 aromatic carbocycles. The molecule has 23 heavy (non-hydrogen) atoms. The minimum Gasteiger partial charge on any atom is -0.350 e. The van der Waals surface area contributed by atoms with E-state index in [9.17, 15) is 9.59 Å². The number of likely N-dealkylation sites (tertiary alicyclic amines) is 1. The highest BCUT2D eigenvalue weighted by atomic mass is 16.2. The number of amides is 2. The molecule has 2 amide bonds. The Morgan fingerprint density at radius 1 is 1.13 bits per heavy atom. The number of rotatable bonds is 3. The molecular weight excluding hydrogens is 290 g/mol. The fourth-order valence-corrected chi connectivity index (χ4v) is 3.77. The van der Waals surface area contributed by atoms with Crippen molar-refractivity contribution in [2.75, 3.05) is 13.1 Å². The maximum atomic E-state index is 12.6. The number of nitrogens with two attached hydrogens (primary N) is 1. The monoisotopic (exact) mass is 315 g/mol. The molecule has 0 aromatic heterocycles. The second-order valence-electron chi connectivity index (χ2n) is 7.08. The summed E-state index contributed by atoms with van der Waals surface area (Å²) in [5, 5.41) is 2.85. The first-order valence-electron chi connectivity index (χ1n) is 8.41. The Morgan fingerprint density at radius 3 is 2.39 bits per heavy atom. The van der Waals surface area contributed by atoms with E-state index >= 15 is 0 Å². The van der Waals surface area contributed by atoms with Crippen LogP contribution < -0.4 is 11.1 Å². The van der Waals surface area contributed by atoms with Gasteiger partial charge in [-0.05, 0) is 62.8 Å². The molecule has 2 fully saturated rings. The van der Waals surface area contributed by atoms with Gasteiger partial charge in [-0.15, -0.1) is 0 Å². The van der Waals surface area contributed by atoms with Crippen LogP contribution in [0.4, 0.5) is 0 Å². The summed E-state index contributed by atoms with van der Waals surface area (Å²) >= 11 is 0. The molecule has 1 aromatic rings. The third-order valence-electron chi connectivity index (χ3n) is 5.01. The Bertz CT molecular complexity index is 597. The van der Waals surface area contributed by atoms with Gasteiger partial charge in [0.2, 0.25) is 0 Å². The Morgan fingerprint density at radius 2 is 1.78 bits per heavy atom. The van der Waals surface area contributed by atoms with E-state index in [0.29, 0.717) is 23.0 Å². The topological polar surface area (TPSA) is 75.4 Å². The van der Waals surface area contributed by atoms with E-state index < -0.39 is 0 Å². The van der Waals surface area contributed by atoms with Crippen molar-refractivity contribution in [3.63, 3.8) is 0 Å². The number of hydrogen-bond donors (Lipinski definition) is 2. The molecule has 1 aliphatic carbocycles. The molecule has 3 rings (SSSR count). The van der Waals surface area contributed by atoms with E-state index in [-0.39, 0.29) is 23.9 Å². The molecule has 3 atom stereocenters. The van der Waals surface area contributed by atoms with Crippen molar-refractivity contribution in [1.82, 2.24) is 10.2 Å². The fraction of sp³-hybridized carbons (Fsp3) is 0.556. The molecule has 3 unspecified atom stereocenters. The van der Waals surface area contributed by atoms with Crippen LogP contribution in [0.3, 0.4) is 0 Å². The van der Waals surface area contributed by atoms with Crippen molar-refractivity contribution < 1.29 is 9.59 Å². The molecule has 0 radical (unpaired) electrons. The number of carbonyl (C=O) groups is 2. The van der Waals surface area contributed by atoms with Crippen molar-refractivity contribution in [2.45, 2.75) is 38.8 Å².